The van der Waals surface area contributed by atoms with Crippen LogP contribution in [0, 0.1) is 12.8 Å². The van der Waals surface area contributed by atoms with Gasteiger partial charge in [-0.2, -0.15) is 0 Å². The van der Waals surface area contributed by atoms with Crippen LogP contribution in [-0.2, 0) is 0 Å². The van der Waals surface area contributed by atoms with Crippen LogP contribution in [0.25, 0.3) is 0 Å². The number of fused-ring (bicyclic) bond motifs is 2. The van der Waals surface area contributed by atoms with Crippen molar-refractivity contribution >= 4 is 0 Å². The van der Waals surface area contributed by atoms with Crippen LogP contribution in [0.1, 0.15) is 36.9 Å². The molecule has 17 heavy (non-hydrogen) atoms. The van der Waals surface area contributed by atoms with E-state index in [-0.39, 0.29) is 0 Å². The van der Waals surface area contributed by atoms with Crippen LogP contribution in [-0.4, -0.2) is 23.5 Å². The van der Waals surface area contributed by atoms with Crippen molar-refractivity contribution < 1.29 is 0 Å². The van der Waals surface area contributed by atoms with Crippen molar-refractivity contribution in [2.24, 2.45) is 11.7 Å². The number of likely N-dealkylation sites (tertiary alicyclic amines) is 1. The van der Waals surface area contributed by atoms with Gasteiger partial charge in [-0.05, 0) is 38.2 Å². The molecule has 2 bridgehead atoms. The molecular formula is C15H22N2. The fraction of sp³-hybridized carbons (Fsp3) is 0.600. The van der Waals surface area contributed by atoms with Crippen LogP contribution < -0.4 is 5.73 Å². The molecule has 0 radical (unpaired) electrons. The summed E-state index contributed by atoms with van der Waals surface area (Å²) >= 11 is 0. The van der Waals surface area contributed by atoms with Crippen molar-refractivity contribution in [2.45, 2.75) is 44.8 Å². The first-order chi connectivity index (χ1) is 8.16. The van der Waals surface area contributed by atoms with Crippen molar-refractivity contribution in [2.75, 3.05) is 6.54 Å². The van der Waals surface area contributed by atoms with Crippen LogP contribution in [0.4, 0.5) is 0 Å². The fourth-order valence-electron chi connectivity index (χ4n) is 3.66. The number of aryl methyl sites for hydroxylation is 1. The molecule has 0 amide bonds. The number of piperidine rings is 1. The molecule has 2 heteroatoms. The molecular weight excluding hydrogens is 208 g/mol. The maximum Gasteiger partial charge on any atom is 0.0323 e. The van der Waals surface area contributed by atoms with Crippen LogP contribution in [0.5, 0.6) is 0 Å². The van der Waals surface area contributed by atoms with Gasteiger partial charge in [-0.3, -0.25) is 4.90 Å². The smallest absolute Gasteiger partial charge is 0.0323 e. The Hall–Kier alpha value is -0.860. The van der Waals surface area contributed by atoms with Crippen molar-refractivity contribution in [3.8, 4) is 0 Å². The largest absolute Gasteiger partial charge is 0.326 e. The third-order valence-electron chi connectivity index (χ3n) is 4.72. The Bertz CT molecular complexity index is 415. The monoisotopic (exact) mass is 230 g/mol. The van der Waals surface area contributed by atoms with E-state index >= 15 is 0 Å². The molecule has 0 unspecified atom stereocenters. The van der Waals surface area contributed by atoms with Crippen LogP contribution in [0.3, 0.4) is 0 Å². The number of rotatable bonds is 2. The van der Waals surface area contributed by atoms with E-state index < -0.39 is 0 Å². The van der Waals surface area contributed by atoms with Crippen molar-refractivity contribution in [3.63, 3.8) is 0 Å². The molecule has 2 aliphatic rings. The lowest BCUT2D eigenvalue weighted by atomic mass is 10.0. The molecule has 0 aromatic heterocycles. The minimum absolute atomic E-state index is 0.419. The molecule has 1 aromatic rings. The molecule has 1 aliphatic carbocycles. The van der Waals surface area contributed by atoms with Crippen LogP contribution >= 0.6 is 0 Å². The number of hydrogen-bond donors (Lipinski definition) is 1. The molecule has 3 rings (SSSR count). The van der Waals surface area contributed by atoms with Gasteiger partial charge < -0.3 is 5.73 Å². The summed E-state index contributed by atoms with van der Waals surface area (Å²) in [6.07, 6.45) is 2.63. The van der Waals surface area contributed by atoms with Gasteiger partial charge in [0.2, 0.25) is 0 Å². The third-order valence-corrected chi connectivity index (χ3v) is 4.72. The quantitative estimate of drug-likeness (QED) is 0.845. The summed E-state index contributed by atoms with van der Waals surface area (Å²) in [4.78, 5) is 2.62. The highest BCUT2D eigenvalue weighted by Gasteiger charge is 2.46. The van der Waals surface area contributed by atoms with Gasteiger partial charge in [-0.1, -0.05) is 29.8 Å². The fourth-order valence-corrected chi connectivity index (χ4v) is 3.66. The Morgan fingerprint density at radius 1 is 1.35 bits per heavy atom. The van der Waals surface area contributed by atoms with E-state index in [1.165, 1.54) is 30.5 Å². The molecule has 1 saturated carbocycles. The average molecular weight is 230 g/mol. The molecule has 4 atom stereocenters. The molecule has 2 nitrogen and oxygen atoms in total. The Morgan fingerprint density at radius 2 is 2.18 bits per heavy atom. The first-order valence-electron chi connectivity index (χ1n) is 6.74. The molecule has 0 spiro atoms. The van der Waals surface area contributed by atoms with Crippen LogP contribution in [0.2, 0.25) is 0 Å². The highest BCUT2D eigenvalue weighted by molar-refractivity contribution is 5.25. The van der Waals surface area contributed by atoms with Gasteiger partial charge >= 0.3 is 0 Å². The zero-order valence-electron chi connectivity index (χ0n) is 10.8. The van der Waals surface area contributed by atoms with E-state index in [9.17, 15) is 0 Å². The maximum atomic E-state index is 6.28. The van der Waals surface area contributed by atoms with E-state index in [2.05, 4.69) is 43.0 Å². The van der Waals surface area contributed by atoms with Gasteiger partial charge in [0, 0.05) is 24.7 Å². The topological polar surface area (TPSA) is 29.3 Å². The normalized spacial score (nSPS) is 34.2. The molecule has 1 aliphatic heterocycles. The van der Waals surface area contributed by atoms with E-state index in [0.717, 1.165) is 5.92 Å². The number of hydrogen-bond acceptors (Lipinski definition) is 2. The zero-order chi connectivity index (χ0) is 12.0. The summed E-state index contributed by atoms with van der Waals surface area (Å²) in [6, 6.07) is 10.4. The van der Waals surface area contributed by atoms with Gasteiger partial charge in [0.1, 0.15) is 0 Å². The second-order valence-electron chi connectivity index (χ2n) is 5.77. The molecule has 1 heterocycles. The third kappa shape index (κ3) is 1.80. The van der Waals surface area contributed by atoms with Crippen LogP contribution in [0.15, 0.2) is 24.3 Å². The summed E-state index contributed by atoms with van der Waals surface area (Å²) in [5.74, 6) is 0.743. The van der Waals surface area contributed by atoms with Gasteiger partial charge in [0.15, 0.2) is 0 Å². The lowest BCUT2D eigenvalue weighted by molar-refractivity contribution is 0.158. The highest BCUT2D eigenvalue weighted by Crippen LogP contribution is 2.41. The van der Waals surface area contributed by atoms with Crippen molar-refractivity contribution in [1.82, 2.24) is 4.90 Å². The SMILES string of the molecule is Cc1cccc([C@H](C)N2C[C@H]3CC[C@@H]2[C@@H]3N)c1. The molecule has 1 saturated heterocycles. The Labute approximate surface area is 104 Å². The molecule has 92 valence electrons. The molecule has 1 aromatic carbocycles. The van der Waals surface area contributed by atoms with Gasteiger partial charge in [0.25, 0.3) is 0 Å². The average Bonchev–Trinajstić information content (AvgIpc) is 2.84. The van der Waals surface area contributed by atoms with Crippen molar-refractivity contribution in [3.05, 3.63) is 35.4 Å². The first-order valence-corrected chi connectivity index (χ1v) is 6.74. The van der Waals surface area contributed by atoms with Gasteiger partial charge in [0.05, 0.1) is 0 Å². The standard InChI is InChI=1S/C15H22N2/c1-10-4-3-5-12(8-10)11(2)17-9-13-6-7-14(17)15(13)16/h3-5,8,11,13-15H,6-7,9,16H2,1-2H3/t11-,13+,14+,15+/m0/s1. The molecule has 2 N–H and O–H groups in total. The van der Waals surface area contributed by atoms with Gasteiger partial charge in [-0.25, -0.2) is 0 Å². The summed E-state index contributed by atoms with van der Waals surface area (Å²) < 4.78 is 0. The predicted molar refractivity (Wildman–Crippen MR) is 70.8 cm³/mol. The summed E-state index contributed by atoms with van der Waals surface area (Å²) in [6.45, 7) is 5.68. The van der Waals surface area contributed by atoms with Gasteiger partial charge in [-0.15, -0.1) is 0 Å². The predicted octanol–water partition coefficient (Wildman–Crippen LogP) is 2.48. The summed E-state index contributed by atoms with van der Waals surface area (Å²) in [7, 11) is 0. The maximum absolute atomic E-state index is 6.28. The second-order valence-corrected chi connectivity index (χ2v) is 5.77. The van der Waals surface area contributed by atoms with Crippen molar-refractivity contribution in [1.29, 1.82) is 0 Å². The lowest BCUT2D eigenvalue weighted by Gasteiger charge is -2.33. The second kappa shape index (κ2) is 4.11. The number of nitrogens with two attached hydrogens (primary N) is 1. The Morgan fingerprint density at radius 3 is 2.76 bits per heavy atom. The van der Waals surface area contributed by atoms with E-state index in [0.29, 0.717) is 18.1 Å². The minimum Gasteiger partial charge on any atom is -0.326 e. The number of benzene rings is 1. The Balaban J connectivity index is 1.82. The van der Waals surface area contributed by atoms with E-state index in [1.807, 2.05) is 0 Å². The van der Waals surface area contributed by atoms with E-state index in [4.69, 9.17) is 5.73 Å². The molecule has 2 fully saturated rings. The number of nitrogens with zero attached hydrogens (tertiary/aromatic N) is 1. The summed E-state index contributed by atoms with van der Waals surface area (Å²) in [5.41, 5.74) is 9.06. The zero-order valence-corrected chi connectivity index (χ0v) is 10.8. The van der Waals surface area contributed by atoms with E-state index in [1.54, 1.807) is 0 Å². The minimum atomic E-state index is 0.419. The highest BCUT2D eigenvalue weighted by atomic mass is 15.2. The first kappa shape index (κ1) is 11.2. The lowest BCUT2D eigenvalue weighted by Crippen LogP contribution is -2.39. The summed E-state index contributed by atoms with van der Waals surface area (Å²) in [5, 5.41) is 0. The Kier molecular flexibility index (Phi) is 2.72.